The van der Waals surface area contributed by atoms with Crippen molar-refractivity contribution in [2.45, 2.75) is 32.7 Å². The largest absolute Gasteiger partial charge is 0.449 e. The van der Waals surface area contributed by atoms with Crippen LogP contribution in [0.1, 0.15) is 47.8 Å². The Labute approximate surface area is 206 Å². The normalized spacial score (nSPS) is 14.3. The number of benzene rings is 3. The van der Waals surface area contributed by atoms with Gasteiger partial charge in [0.25, 0.3) is 5.91 Å². The number of amides is 1. The molecular weight excluding hydrogens is 440 g/mol. The average Bonchev–Trinajstić information content (AvgIpc) is 2.80. The molecule has 0 spiro atoms. The number of fused-ring (bicyclic) bond motifs is 1. The lowest BCUT2D eigenvalue weighted by Gasteiger charge is -2.26. The van der Waals surface area contributed by atoms with Crippen molar-refractivity contribution in [1.29, 1.82) is 0 Å². The molecule has 6 nitrogen and oxygen atoms in total. The molecule has 1 amide bonds. The minimum absolute atomic E-state index is 0.202. The Balaban J connectivity index is 1.79. The average molecular weight is 471 g/mol. The fourth-order valence-corrected chi connectivity index (χ4v) is 3.91. The topological polar surface area (TPSA) is 67.9 Å². The van der Waals surface area contributed by atoms with Gasteiger partial charge in [0.2, 0.25) is 0 Å². The zero-order chi connectivity index (χ0) is 25.2. The summed E-state index contributed by atoms with van der Waals surface area (Å²) in [5.41, 5.74) is 3.29. The van der Waals surface area contributed by atoms with Crippen LogP contribution < -0.4 is 14.8 Å². The molecule has 0 bridgehead atoms. The van der Waals surface area contributed by atoms with Gasteiger partial charge in [-0.25, -0.2) is 4.79 Å². The first-order valence-corrected chi connectivity index (χ1v) is 11.5. The molecule has 4 rings (SSSR count). The second kappa shape index (κ2) is 9.76. The van der Waals surface area contributed by atoms with Crippen LogP contribution in [0.4, 0.5) is 5.69 Å². The van der Waals surface area contributed by atoms with E-state index in [9.17, 15) is 9.59 Å². The number of hydrogen-bond acceptors (Lipinski definition) is 5. The third-order valence-corrected chi connectivity index (χ3v) is 5.56. The zero-order valence-corrected chi connectivity index (χ0v) is 20.7. The summed E-state index contributed by atoms with van der Waals surface area (Å²) >= 11 is 0. The Morgan fingerprint density at radius 1 is 1.03 bits per heavy atom. The molecule has 6 heteroatoms. The molecule has 0 saturated heterocycles. The summed E-state index contributed by atoms with van der Waals surface area (Å²) in [6.07, 6.45) is 1.72. The minimum atomic E-state index is -0.409. The van der Waals surface area contributed by atoms with E-state index in [0.29, 0.717) is 29.3 Å². The number of esters is 1. The van der Waals surface area contributed by atoms with E-state index in [2.05, 4.69) is 26.1 Å². The summed E-state index contributed by atoms with van der Waals surface area (Å²) in [5, 5.41) is 2.87. The molecule has 3 aromatic rings. The first-order chi connectivity index (χ1) is 16.6. The molecule has 35 heavy (non-hydrogen) atoms. The van der Waals surface area contributed by atoms with Gasteiger partial charge in [-0.2, -0.15) is 0 Å². The molecule has 3 aromatic carbocycles. The van der Waals surface area contributed by atoms with Crippen molar-refractivity contribution in [1.82, 2.24) is 4.90 Å². The molecular formula is C29H30N2O4. The first kappa shape index (κ1) is 24.2. The zero-order valence-electron chi connectivity index (χ0n) is 20.7. The van der Waals surface area contributed by atoms with Crippen molar-refractivity contribution < 1.29 is 19.1 Å². The molecule has 1 aliphatic rings. The van der Waals surface area contributed by atoms with E-state index in [4.69, 9.17) is 9.47 Å². The van der Waals surface area contributed by atoms with Crippen molar-refractivity contribution in [3.63, 3.8) is 0 Å². The second-order valence-electron chi connectivity index (χ2n) is 9.86. The van der Waals surface area contributed by atoms with Crippen molar-refractivity contribution in [2.24, 2.45) is 0 Å². The van der Waals surface area contributed by atoms with Gasteiger partial charge in [0.1, 0.15) is 5.75 Å². The smallest absolute Gasteiger partial charge is 0.343 e. The maximum Gasteiger partial charge on any atom is 0.343 e. The molecule has 0 aromatic heterocycles. The Morgan fingerprint density at radius 2 is 1.71 bits per heavy atom. The number of nitrogens with zero attached hydrogens (tertiary/aromatic N) is 1. The summed E-state index contributed by atoms with van der Waals surface area (Å²) in [6, 6.07) is 20.2. The summed E-state index contributed by atoms with van der Waals surface area (Å²) in [6.45, 7) is 6.75. The summed E-state index contributed by atoms with van der Waals surface area (Å²) in [5.74, 6) is 0.620. The van der Waals surface area contributed by atoms with Gasteiger partial charge < -0.3 is 19.7 Å². The molecule has 0 aliphatic carbocycles. The minimum Gasteiger partial charge on any atom is -0.449 e. The monoisotopic (exact) mass is 470 g/mol. The van der Waals surface area contributed by atoms with Crippen LogP contribution in [0.3, 0.4) is 0 Å². The van der Waals surface area contributed by atoms with Gasteiger partial charge in [-0.1, -0.05) is 51.1 Å². The number of carbonyl (C=O) groups excluding carboxylic acids is 2. The van der Waals surface area contributed by atoms with E-state index < -0.39 is 5.97 Å². The quantitative estimate of drug-likeness (QED) is 0.297. The number of para-hydroxylation sites is 2. The molecule has 1 aliphatic heterocycles. The van der Waals surface area contributed by atoms with E-state index in [1.807, 2.05) is 67.5 Å². The maximum atomic E-state index is 13.0. The van der Waals surface area contributed by atoms with Gasteiger partial charge in [-0.05, 0) is 67.5 Å². The number of ether oxygens (including phenoxy) is 2. The van der Waals surface area contributed by atoms with Gasteiger partial charge in [0.15, 0.2) is 11.5 Å². The highest BCUT2D eigenvalue weighted by Gasteiger charge is 2.26. The van der Waals surface area contributed by atoms with Gasteiger partial charge >= 0.3 is 5.97 Å². The number of hydrogen-bond donors (Lipinski definition) is 1. The summed E-state index contributed by atoms with van der Waals surface area (Å²) in [7, 11) is 3.92. The summed E-state index contributed by atoms with van der Waals surface area (Å²) in [4.78, 5) is 27.7. The van der Waals surface area contributed by atoms with Gasteiger partial charge in [-0.15, -0.1) is 0 Å². The SMILES string of the molecule is CN(C)Cc1cc(C=C2Oc3ccccc3NC2=O)cc(C(C)(C)C)c1OC(=O)c1ccccc1. The molecule has 1 heterocycles. The maximum absolute atomic E-state index is 13.0. The highest BCUT2D eigenvalue weighted by molar-refractivity contribution is 6.08. The molecule has 0 fully saturated rings. The number of rotatable bonds is 5. The lowest BCUT2D eigenvalue weighted by Crippen LogP contribution is -2.23. The van der Waals surface area contributed by atoms with Crippen LogP contribution in [0.15, 0.2) is 72.5 Å². The van der Waals surface area contributed by atoms with E-state index in [0.717, 1.165) is 16.7 Å². The fraction of sp³-hybridized carbons (Fsp3) is 0.241. The van der Waals surface area contributed by atoms with Crippen LogP contribution in [0.25, 0.3) is 6.08 Å². The molecule has 0 saturated carbocycles. The van der Waals surface area contributed by atoms with Crippen LogP contribution in [0, 0.1) is 0 Å². The molecule has 0 radical (unpaired) electrons. The van der Waals surface area contributed by atoms with Crippen LogP contribution in [0.5, 0.6) is 11.5 Å². The van der Waals surface area contributed by atoms with E-state index in [-0.39, 0.29) is 17.1 Å². The van der Waals surface area contributed by atoms with Crippen LogP contribution in [0.2, 0.25) is 0 Å². The number of anilines is 1. The highest BCUT2D eigenvalue weighted by Crippen LogP contribution is 2.38. The lowest BCUT2D eigenvalue weighted by atomic mass is 9.83. The summed E-state index contributed by atoms with van der Waals surface area (Å²) < 4.78 is 11.9. The first-order valence-electron chi connectivity index (χ1n) is 11.5. The Kier molecular flexibility index (Phi) is 6.76. The molecule has 0 unspecified atom stereocenters. The molecule has 1 N–H and O–H groups in total. The van der Waals surface area contributed by atoms with Crippen LogP contribution in [-0.2, 0) is 16.8 Å². The van der Waals surface area contributed by atoms with Crippen molar-refractivity contribution >= 4 is 23.6 Å². The van der Waals surface area contributed by atoms with E-state index in [1.165, 1.54) is 0 Å². The third-order valence-electron chi connectivity index (χ3n) is 5.56. The van der Waals surface area contributed by atoms with Gasteiger partial charge in [0, 0.05) is 17.7 Å². The predicted molar refractivity (Wildman–Crippen MR) is 138 cm³/mol. The Hall–Kier alpha value is -3.90. The van der Waals surface area contributed by atoms with Crippen LogP contribution in [-0.4, -0.2) is 30.9 Å². The van der Waals surface area contributed by atoms with E-state index >= 15 is 0 Å². The molecule has 0 atom stereocenters. The van der Waals surface area contributed by atoms with Crippen LogP contribution >= 0.6 is 0 Å². The second-order valence-corrected chi connectivity index (χ2v) is 9.86. The van der Waals surface area contributed by atoms with Gasteiger partial charge in [-0.3, -0.25) is 4.79 Å². The third kappa shape index (κ3) is 5.61. The van der Waals surface area contributed by atoms with Gasteiger partial charge in [0.05, 0.1) is 11.3 Å². The van der Waals surface area contributed by atoms with Crippen molar-refractivity contribution in [2.75, 3.05) is 19.4 Å². The molecule has 180 valence electrons. The standard InChI is InChI=1S/C29H30N2O4/c1-29(2,3)22-16-19(17-25-27(32)30-23-13-9-10-14-24(23)34-25)15-21(18-31(4)5)26(22)35-28(33)20-11-7-6-8-12-20/h6-17H,18H2,1-5H3,(H,30,32). The number of carbonyl (C=O) groups is 2. The lowest BCUT2D eigenvalue weighted by molar-refractivity contribution is -0.115. The predicted octanol–water partition coefficient (Wildman–Crippen LogP) is 5.64. The Morgan fingerprint density at radius 3 is 2.40 bits per heavy atom. The number of nitrogens with one attached hydrogen (secondary N) is 1. The van der Waals surface area contributed by atoms with Crippen molar-refractivity contribution in [3.05, 3.63) is 94.7 Å². The Bertz CT molecular complexity index is 1290. The fourth-order valence-electron chi connectivity index (χ4n) is 3.91. The van der Waals surface area contributed by atoms with E-state index in [1.54, 1.807) is 24.3 Å². The highest BCUT2D eigenvalue weighted by atomic mass is 16.5. The van der Waals surface area contributed by atoms with Crippen molar-refractivity contribution in [3.8, 4) is 11.5 Å².